The lowest BCUT2D eigenvalue weighted by Crippen LogP contribution is -2.25. The monoisotopic (exact) mass is 488 g/mol. The third-order valence-corrected chi connectivity index (χ3v) is 9.57. The minimum atomic E-state index is -4.00. The SMILES string of the molecule is O=C(NCc1ccc([N+](=O)[O-])cc1)c1cccc2c1C(S(=O)(=O)c1ccccc1)CS2(O)O. The summed E-state index contributed by atoms with van der Waals surface area (Å²) in [7, 11) is -7.41. The highest BCUT2D eigenvalue weighted by molar-refractivity contribution is 8.25. The molecule has 0 bridgehead atoms. The number of sulfone groups is 1. The summed E-state index contributed by atoms with van der Waals surface area (Å²) in [6.45, 7) is 0.0485. The van der Waals surface area contributed by atoms with Crippen LogP contribution in [0.3, 0.4) is 0 Å². The molecule has 0 saturated carbocycles. The standard InChI is InChI=1S/C22H20N2O7S2/c25-22(23-13-15-9-11-16(12-10-15)24(26)27)18-7-4-8-19-21(18)20(14-32(19,28)29)33(30,31)17-5-2-1-3-6-17/h1-12,20,28-29H,13-14H2,(H,23,25). The van der Waals surface area contributed by atoms with E-state index in [1.54, 1.807) is 18.2 Å². The fourth-order valence-electron chi connectivity index (χ4n) is 3.78. The van der Waals surface area contributed by atoms with E-state index in [-0.39, 0.29) is 33.2 Å². The molecule has 1 atom stereocenters. The number of nitrogens with zero attached hydrogens (tertiary/aromatic N) is 1. The Bertz CT molecular complexity index is 1320. The predicted octanol–water partition coefficient (Wildman–Crippen LogP) is 4.16. The van der Waals surface area contributed by atoms with Gasteiger partial charge in [0.05, 0.1) is 20.5 Å². The molecule has 3 aromatic rings. The first-order valence-corrected chi connectivity index (χ1v) is 13.1. The van der Waals surface area contributed by atoms with Crippen LogP contribution < -0.4 is 5.32 Å². The van der Waals surface area contributed by atoms with Crippen molar-refractivity contribution in [3.05, 3.63) is 99.6 Å². The van der Waals surface area contributed by atoms with Gasteiger partial charge in [-0.05, 0) is 29.8 Å². The van der Waals surface area contributed by atoms with Gasteiger partial charge in [0.1, 0.15) is 5.25 Å². The summed E-state index contributed by atoms with van der Waals surface area (Å²) in [5.74, 6) is -1.01. The van der Waals surface area contributed by atoms with Crippen LogP contribution in [0.4, 0.5) is 5.69 Å². The molecule has 0 spiro atoms. The number of nitro benzene ring substituents is 1. The maximum atomic E-state index is 13.3. The predicted molar refractivity (Wildman–Crippen MR) is 123 cm³/mol. The van der Waals surface area contributed by atoms with Gasteiger partial charge in [-0.3, -0.25) is 24.0 Å². The number of non-ortho nitro benzene ring substituents is 1. The van der Waals surface area contributed by atoms with E-state index in [0.717, 1.165) is 0 Å². The van der Waals surface area contributed by atoms with Crippen LogP contribution in [0.15, 0.2) is 82.6 Å². The average molecular weight is 489 g/mol. The normalized spacial score (nSPS) is 17.7. The van der Waals surface area contributed by atoms with Crippen molar-refractivity contribution in [3.63, 3.8) is 0 Å². The Morgan fingerprint density at radius 3 is 2.33 bits per heavy atom. The molecule has 0 aromatic heterocycles. The van der Waals surface area contributed by atoms with E-state index >= 15 is 0 Å². The Kier molecular flexibility index (Phi) is 5.97. The van der Waals surface area contributed by atoms with Gasteiger partial charge in [0.15, 0.2) is 9.84 Å². The molecule has 0 radical (unpaired) electrons. The minimum Gasteiger partial charge on any atom is -0.348 e. The molecule has 33 heavy (non-hydrogen) atoms. The van der Waals surface area contributed by atoms with E-state index in [0.29, 0.717) is 5.56 Å². The maximum absolute atomic E-state index is 13.3. The van der Waals surface area contributed by atoms with Gasteiger partial charge in [-0.2, -0.15) is 10.6 Å². The fourth-order valence-corrected chi connectivity index (χ4v) is 8.23. The number of hydrogen-bond donors (Lipinski definition) is 3. The molecule has 1 amide bonds. The highest BCUT2D eigenvalue weighted by Gasteiger charge is 2.45. The van der Waals surface area contributed by atoms with Crippen LogP contribution in [0.1, 0.15) is 26.7 Å². The second kappa shape index (κ2) is 8.60. The molecule has 11 heteroatoms. The Labute approximate surface area is 191 Å². The van der Waals surface area contributed by atoms with E-state index in [9.17, 15) is 32.4 Å². The van der Waals surface area contributed by atoms with Crippen LogP contribution in [-0.4, -0.2) is 34.1 Å². The molecule has 9 nitrogen and oxygen atoms in total. The lowest BCUT2D eigenvalue weighted by molar-refractivity contribution is -0.384. The minimum absolute atomic E-state index is 0.0270. The summed E-state index contributed by atoms with van der Waals surface area (Å²) < 4.78 is 47.9. The Hall–Kier alpha value is -3.25. The molecule has 3 aromatic carbocycles. The van der Waals surface area contributed by atoms with Crippen molar-refractivity contribution in [2.75, 3.05) is 5.75 Å². The first-order valence-electron chi connectivity index (χ1n) is 9.80. The maximum Gasteiger partial charge on any atom is 0.269 e. The number of hydrogen-bond acceptors (Lipinski definition) is 7. The fraction of sp³-hybridized carbons (Fsp3) is 0.136. The van der Waals surface area contributed by atoms with E-state index < -0.39 is 42.3 Å². The van der Waals surface area contributed by atoms with Gasteiger partial charge in [0, 0.05) is 29.8 Å². The first-order chi connectivity index (χ1) is 15.6. The number of carbonyl (C=O) groups excluding carboxylic acids is 1. The smallest absolute Gasteiger partial charge is 0.269 e. The summed E-state index contributed by atoms with van der Waals surface area (Å²) in [4.78, 5) is 23.3. The van der Waals surface area contributed by atoms with Crippen LogP contribution in [0.5, 0.6) is 0 Å². The van der Waals surface area contributed by atoms with E-state index in [4.69, 9.17) is 0 Å². The van der Waals surface area contributed by atoms with Crippen molar-refractivity contribution < 1.29 is 27.2 Å². The van der Waals surface area contributed by atoms with Gasteiger partial charge in [0.25, 0.3) is 11.6 Å². The lowest BCUT2D eigenvalue weighted by Gasteiger charge is -2.27. The molecule has 4 rings (SSSR count). The Morgan fingerprint density at radius 1 is 1.03 bits per heavy atom. The Morgan fingerprint density at radius 2 is 1.70 bits per heavy atom. The topological polar surface area (TPSA) is 147 Å². The van der Waals surface area contributed by atoms with E-state index in [1.807, 2.05) is 0 Å². The van der Waals surface area contributed by atoms with Gasteiger partial charge in [-0.1, -0.05) is 36.4 Å². The van der Waals surface area contributed by atoms with E-state index in [2.05, 4.69) is 5.32 Å². The molecule has 0 saturated heterocycles. The van der Waals surface area contributed by atoms with Gasteiger partial charge in [-0.25, -0.2) is 8.42 Å². The van der Waals surface area contributed by atoms with E-state index in [1.165, 1.54) is 54.6 Å². The van der Waals surface area contributed by atoms with Crippen molar-refractivity contribution in [2.24, 2.45) is 0 Å². The summed E-state index contributed by atoms with van der Waals surface area (Å²) in [6, 6.07) is 17.7. The quantitative estimate of drug-likeness (QED) is 0.349. The van der Waals surface area contributed by atoms with Crippen molar-refractivity contribution in [2.45, 2.75) is 21.6 Å². The summed E-state index contributed by atoms with van der Waals surface area (Å²) in [6.07, 6.45) is 0. The van der Waals surface area contributed by atoms with Crippen LogP contribution in [0, 0.1) is 10.1 Å². The number of fused-ring (bicyclic) bond motifs is 1. The lowest BCUT2D eigenvalue weighted by atomic mass is 10.0. The molecule has 0 aliphatic carbocycles. The van der Waals surface area contributed by atoms with Crippen molar-refractivity contribution in [1.29, 1.82) is 0 Å². The third kappa shape index (κ3) is 4.35. The highest BCUT2D eigenvalue weighted by Crippen LogP contribution is 2.62. The highest BCUT2D eigenvalue weighted by atomic mass is 32.3. The second-order valence-electron chi connectivity index (χ2n) is 7.50. The molecule has 1 aliphatic heterocycles. The van der Waals surface area contributed by atoms with Gasteiger partial charge < -0.3 is 5.32 Å². The molecule has 172 valence electrons. The van der Waals surface area contributed by atoms with Crippen molar-refractivity contribution >= 4 is 32.0 Å². The number of rotatable bonds is 6. The summed E-state index contributed by atoms with van der Waals surface area (Å²) in [5.41, 5.74) is 0.656. The van der Waals surface area contributed by atoms with Gasteiger partial charge in [0.2, 0.25) is 0 Å². The largest absolute Gasteiger partial charge is 0.348 e. The zero-order valence-corrected chi connectivity index (χ0v) is 18.8. The number of nitro groups is 1. The second-order valence-corrected chi connectivity index (χ2v) is 11.7. The molecule has 1 heterocycles. The van der Waals surface area contributed by atoms with Crippen LogP contribution in [-0.2, 0) is 16.4 Å². The first kappa shape index (κ1) is 22.9. The van der Waals surface area contributed by atoms with Crippen molar-refractivity contribution in [1.82, 2.24) is 5.32 Å². The molecule has 1 aliphatic rings. The molecule has 3 N–H and O–H groups in total. The molecular formula is C22H20N2O7S2. The van der Waals surface area contributed by atoms with Gasteiger partial charge >= 0.3 is 0 Å². The number of nitrogens with one attached hydrogen (secondary N) is 1. The number of benzene rings is 3. The zero-order valence-electron chi connectivity index (χ0n) is 17.1. The van der Waals surface area contributed by atoms with Crippen LogP contribution in [0.2, 0.25) is 0 Å². The third-order valence-electron chi connectivity index (χ3n) is 5.42. The average Bonchev–Trinajstić information content (AvgIpc) is 3.10. The molecule has 1 unspecified atom stereocenters. The number of carbonyl (C=O) groups is 1. The Balaban J connectivity index is 1.66. The summed E-state index contributed by atoms with van der Waals surface area (Å²) in [5, 5.41) is 12.2. The van der Waals surface area contributed by atoms with Crippen LogP contribution >= 0.6 is 10.6 Å². The van der Waals surface area contributed by atoms with Gasteiger partial charge in [-0.15, -0.1) is 0 Å². The molecular weight excluding hydrogens is 468 g/mol. The van der Waals surface area contributed by atoms with Crippen LogP contribution in [0.25, 0.3) is 0 Å². The summed E-state index contributed by atoms with van der Waals surface area (Å²) >= 11 is 0. The van der Waals surface area contributed by atoms with Crippen molar-refractivity contribution in [3.8, 4) is 0 Å². The number of amides is 1. The molecule has 0 fully saturated rings. The zero-order chi connectivity index (χ0) is 23.8.